The minimum Gasteiger partial charge on any atom is -0.335 e. The van der Waals surface area contributed by atoms with Crippen LogP contribution in [0, 0.1) is 6.92 Å². The zero-order valence-corrected chi connectivity index (χ0v) is 15.6. The van der Waals surface area contributed by atoms with Crippen molar-refractivity contribution in [2.45, 2.75) is 6.92 Å². The Labute approximate surface area is 164 Å². The number of H-pyrrole nitrogens is 2. The van der Waals surface area contributed by atoms with Crippen LogP contribution in [-0.4, -0.2) is 26.2 Å². The number of rotatable bonds is 3. The number of carbonyl (C=O) groups is 1. The van der Waals surface area contributed by atoms with Crippen molar-refractivity contribution in [3.63, 3.8) is 0 Å². The molecular weight excluding hydrogens is 387 g/mol. The van der Waals surface area contributed by atoms with Gasteiger partial charge in [-0.3, -0.25) is 5.10 Å². The molecule has 2 aromatic heterocycles. The zero-order valence-electron chi connectivity index (χ0n) is 14.1. The predicted molar refractivity (Wildman–Crippen MR) is 108 cm³/mol. The first kappa shape index (κ1) is 17.4. The molecule has 4 rings (SSSR count). The lowest BCUT2D eigenvalue weighted by Crippen LogP contribution is -2.19. The molecule has 2 amide bonds. The molecule has 0 radical (unpaired) electrons. The van der Waals surface area contributed by atoms with E-state index in [1.807, 2.05) is 19.1 Å². The van der Waals surface area contributed by atoms with Crippen molar-refractivity contribution >= 4 is 51.8 Å². The number of amides is 2. The molecule has 0 saturated heterocycles. The topological polar surface area (TPSA) is 98.5 Å². The normalized spacial score (nSPS) is 10.9. The van der Waals surface area contributed by atoms with Crippen LogP contribution >= 0.6 is 23.2 Å². The number of aromatic amines is 2. The molecule has 4 aromatic rings. The Kier molecular flexibility index (Phi) is 4.47. The summed E-state index contributed by atoms with van der Waals surface area (Å²) in [5.74, 6) is 0.734. The fraction of sp³-hybridized carbons (Fsp3) is 0.0556. The van der Waals surface area contributed by atoms with E-state index in [1.165, 1.54) is 0 Å². The van der Waals surface area contributed by atoms with Gasteiger partial charge in [-0.1, -0.05) is 29.3 Å². The number of nitrogens with one attached hydrogen (secondary N) is 4. The molecule has 2 aromatic carbocycles. The molecule has 7 nitrogen and oxygen atoms in total. The van der Waals surface area contributed by atoms with Gasteiger partial charge in [-0.2, -0.15) is 5.10 Å². The highest BCUT2D eigenvalue weighted by molar-refractivity contribution is 6.44. The highest BCUT2D eigenvalue weighted by Crippen LogP contribution is 2.30. The third kappa shape index (κ3) is 3.47. The van der Waals surface area contributed by atoms with E-state index >= 15 is 0 Å². The minimum atomic E-state index is -0.413. The highest BCUT2D eigenvalue weighted by Gasteiger charge is 2.12. The third-order valence-electron chi connectivity index (χ3n) is 4.04. The molecule has 0 aliphatic carbocycles. The van der Waals surface area contributed by atoms with Gasteiger partial charge in [-0.15, -0.1) is 0 Å². The van der Waals surface area contributed by atoms with Crippen molar-refractivity contribution in [2.24, 2.45) is 0 Å². The van der Waals surface area contributed by atoms with E-state index in [0.29, 0.717) is 27.1 Å². The van der Waals surface area contributed by atoms with Crippen molar-refractivity contribution in [3.8, 4) is 11.4 Å². The maximum atomic E-state index is 12.2. The second-order valence-corrected chi connectivity index (χ2v) is 6.71. The summed E-state index contributed by atoms with van der Waals surface area (Å²) in [5.41, 5.74) is 4.51. The van der Waals surface area contributed by atoms with Gasteiger partial charge in [0.15, 0.2) is 5.65 Å². The number of halogens is 2. The highest BCUT2D eigenvalue weighted by atomic mass is 35.5. The van der Waals surface area contributed by atoms with E-state index in [1.54, 1.807) is 30.5 Å². The lowest BCUT2D eigenvalue weighted by Gasteiger charge is -2.11. The number of hydrogen-bond donors (Lipinski definition) is 4. The van der Waals surface area contributed by atoms with Gasteiger partial charge in [-0.05, 0) is 42.8 Å². The van der Waals surface area contributed by atoms with Crippen LogP contribution in [0.1, 0.15) is 5.56 Å². The number of aromatic nitrogens is 4. The fourth-order valence-corrected chi connectivity index (χ4v) is 3.09. The number of aryl methyl sites for hydroxylation is 1. The number of urea groups is 1. The molecule has 0 atom stereocenters. The molecule has 136 valence electrons. The summed E-state index contributed by atoms with van der Waals surface area (Å²) >= 11 is 12.0. The number of hydrogen-bond acceptors (Lipinski definition) is 3. The summed E-state index contributed by atoms with van der Waals surface area (Å²) in [6.45, 7) is 1.95. The second-order valence-electron chi connectivity index (χ2n) is 5.93. The SMILES string of the molecule is Cc1cc(NC(=O)Nc2cccc(Cl)c2Cl)ccc1-c1nc2[nH]ncc2[nH]1. The maximum absolute atomic E-state index is 12.2. The molecule has 2 heterocycles. The molecule has 0 bridgehead atoms. The summed E-state index contributed by atoms with van der Waals surface area (Å²) in [6.07, 6.45) is 1.68. The van der Waals surface area contributed by atoms with Crippen LogP contribution in [-0.2, 0) is 0 Å². The van der Waals surface area contributed by atoms with Crippen molar-refractivity contribution in [1.82, 2.24) is 20.2 Å². The molecule has 0 aliphatic heterocycles. The van der Waals surface area contributed by atoms with Crippen LogP contribution in [0.15, 0.2) is 42.6 Å². The van der Waals surface area contributed by atoms with Gasteiger partial charge in [0.2, 0.25) is 0 Å². The second kappa shape index (κ2) is 6.94. The Hall–Kier alpha value is -3.03. The third-order valence-corrected chi connectivity index (χ3v) is 4.85. The van der Waals surface area contributed by atoms with Crippen LogP contribution in [0.5, 0.6) is 0 Å². The van der Waals surface area contributed by atoms with E-state index in [-0.39, 0.29) is 0 Å². The van der Waals surface area contributed by atoms with E-state index in [2.05, 4.69) is 30.8 Å². The first-order chi connectivity index (χ1) is 13.0. The molecule has 0 unspecified atom stereocenters. The number of carbonyl (C=O) groups excluding carboxylic acids is 1. The summed E-state index contributed by atoms with van der Waals surface area (Å²) < 4.78 is 0. The van der Waals surface area contributed by atoms with Gasteiger partial charge >= 0.3 is 6.03 Å². The maximum Gasteiger partial charge on any atom is 0.323 e. The summed E-state index contributed by atoms with van der Waals surface area (Å²) in [7, 11) is 0. The molecule has 9 heteroatoms. The van der Waals surface area contributed by atoms with Gasteiger partial charge < -0.3 is 15.6 Å². The zero-order chi connectivity index (χ0) is 19.0. The van der Waals surface area contributed by atoms with Gasteiger partial charge in [-0.25, -0.2) is 9.78 Å². The molecular formula is C18H14Cl2N6O. The molecule has 27 heavy (non-hydrogen) atoms. The first-order valence-corrected chi connectivity index (χ1v) is 8.79. The smallest absolute Gasteiger partial charge is 0.323 e. The van der Waals surface area contributed by atoms with Gasteiger partial charge in [0, 0.05) is 11.3 Å². The van der Waals surface area contributed by atoms with Crippen LogP contribution in [0.2, 0.25) is 10.0 Å². The standard InChI is InChI=1S/C18H14Cl2N6O/c1-9-7-10(22-18(27)24-13-4-2-3-12(19)15(13)20)5-6-11(9)16-23-14-8-21-26-17(14)25-16/h2-8H,1H3,(H2,22,24,27)(H2,21,23,25,26). The van der Waals surface area contributed by atoms with Crippen LogP contribution < -0.4 is 10.6 Å². The first-order valence-electron chi connectivity index (χ1n) is 8.03. The lowest BCUT2D eigenvalue weighted by atomic mass is 10.1. The van der Waals surface area contributed by atoms with Gasteiger partial charge in [0.1, 0.15) is 11.3 Å². The summed E-state index contributed by atoms with van der Waals surface area (Å²) in [4.78, 5) is 19.9. The number of nitrogens with zero attached hydrogens (tertiary/aromatic N) is 2. The van der Waals surface area contributed by atoms with Crippen LogP contribution in [0.25, 0.3) is 22.6 Å². The molecule has 0 aliphatic rings. The molecule has 0 saturated carbocycles. The predicted octanol–water partition coefficient (Wildman–Crippen LogP) is 5.21. The summed E-state index contributed by atoms with van der Waals surface area (Å²) in [5, 5.41) is 12.9. The molecule has 4 N–H and O–H groups in total. The Balaban J connectivity index is 1.51. The van der Waals surface area contributed by atoms with Crippen molar-refractivity contribution in [3.05, 3.63) is 58.2 Å². The number of imidazole rings is 1. The number of anilines is 2. The van der Waals surface area contributed by atoms with Crippen molar-refractivity contribution in [1.29, 1.82) is 0 Å². The van der Waals surface area contributed by atoms with Gasteiger partial charge in [0.05, 0.1) is 21.9 Å². The Morgan fingerprint density at radius 1 is 1.15 bits per heavy atom. The Morgan fingerprint density at radius 3 is 2.78 bits per heavy atom. The largest absolute Gasteiger partial charge is 0.335 e. The molecule has 0 spiro atoms. The van der Waals surface area contributed by atoms with Crippen LogP contribution in [0.4, 0.5) is 16.2 Å². The Morgan fingerprint density at radius 2 is 2.00 bits per heavy atom. The van der Waals surface area contributed by atoms with Gasteiger partial charge in [0.25, 0.3) is 0 Å². The minimum absolute atomic E-state index is 0.295. The lowest BCUT2D eigenvalue weighted by molar-refractivity contribution is 0.262. The number of benzene rings is 2. The van der Waals surface area contributed by atoms with E-state index in [0.717, 1.165) is 22.5 Å². The Bertz CT molecular complexity index is 1120. The quantitative estimate of drug-likeness (QED) is 0.379. The van der Waals surface area contributed by atoms with Crippen molar-refractivity contribution in [2.75, 3.05) is 10.6 Å². The average Bonchev–Trinajstić information content (AvgIpc) is 3.21. The van der Waals surface area contributed by atoms with E-state index < -0.39 is 6.03 Å². The van der Waals surface area contributed by atoms with E-state index in [4.69, 9.17) is 23.2 Å². The van der Waals surface area contributed by atoms with Crippen LogP contribution in [0.3, 0.4) is 0 Å². The number of fused-ring (bicyclic) bond motifs is 1. The molecule has 0 fully saturated rings. The average molecular weight is 401 g/mol. The fourth-order valence-electron chi connectivity index (χ4n) is 2.74. The summed E-state index contributed by atoms with van der Waals surface area (Å²) in [6, 6.07) is 10.2. The van der Waals surface area contributed by atoms with Crippen molar-refractivity contribution < 1.29 is 4.79 Å². The van der Waals surface area contributed by atoms with E-state index in [9.17, 15) is 4.79 Å². The monoisotopic (exact) mass is 400 g/mol.